The number of ether oxygens (including phenoxy) is 2. The van der Waals surface area contributed by atoms with Crippen molar-refractivity contribution >= 4 is 11.4 Å². The number of ketones is 1. The average molecular weight is 412 g/mol. The minimum atomic E-state index is -4.42. The van der Waals surface area contributed by atoms with Gasteiger partial charge in [-0.05, 0) is 75.3 Å². The maximum absolute atomic E-state index is 12.9. The smallest absolute Gasteiger partial charge is 0.422 e. The van der Waals surface area contributed by atoms with Crippen LogP contribution in [0.3, 0.4) is 0 Å². The van der Waals surface area contributed by atoms with E-state index in [1.165, 1.54) is 12.1 Å². The molecule has 4 nitrogen and oxygen atoms in total. The van der Waals surface area contributed by atoms with E-state index in [-0.39, 0.29) is 29.8 Å². The molecule has 0 aromatic heterocycles. The molecule has 0 aliphatic heterocycles. The highest BCUT2D eigenvalue weighted by atomic mass is 19.4. The molecule has 1 spiro atoms. The first-order valence-corrected chi connectivity index (χ1v) is 9.96. The molecule has 2 aliphatic rings. The molecule has 0 bridgehead atoms. The number of hydrogen-bond donors (Lipinski definition) is 1. The minimum absolute atomic E-state index is 0.0170. The van der Waals surface area contributed by atoms with Crippen molar-refractivity contribution in [1.29, 1.82) is 0 Å². The lowest BCUT2D eigenvalue weighted by Gasteiger charge is -2.37. The highest BCUT2D eigenvalue weighted by Crippen LogP contribution is 2.53. The van der Waals surface area contributed by atoms with Gasteiger partial charge >= 0.3 is 6.18 Å². The Morgan fingerprint density at radius 3 is 2.48 bits per heavy atom. The maximum Gasteiger partial charge on any atom is 0.422 e. The van der Waals surface area contributed by atoms with Crippen molar-refractivity contribution in [2.45, 2.75) is 65.2 Å². The van der Waals surface area contributed by atoms with Crippen LogP contribution in [0.1, 0.15) is 55.7 Å². The van der Waals surface area contributed by atoms with Gasteiger partial charge in [-0.15, -0.1) is 0 Å². The molecule has 0 saturated heterocycles. The second-order valence-electron chi connectivity index (χ2n) is 8.11. The molecule has 0 heterocycles. The lowest BCUT2D eigenvalue weighted by Crippen LogP contribution is -2.33. The molecule has 1 aromatic rings. The van der Waals surface area contributed by atoms with Crippen LogP contribution in [0.2, 0.25) is 0 Å². The molecule has 1 aromatic carbocycles. The van der Waals surface area contributed by atoms with Crippen molar-refractivity contribution in [2.75, 3.05) is 13.2 Å². The number of carbonyl (C=O) groups excluding carboxylic acids is 1. The quantitative estimate of drug-likeness (QED) is 0.699. The van der Waals surface area contributed by atoms with Gasteiger partial charge in [0.25, 0.3) is 0 Å². The number of Topliss-reactive ketones (excluding diaryl/α,β-unsaturated/α-hetero) is 1. The number of aliphatic hydroxyl groups excluding tert-OH is 1. The van der Waals surface area contributed by atoms with Gasteiger partial charge in [-0.1, -0.05) is 0 Å². The number of benzene rings is 1. The predicted molar refractivity (Wildman–Crippen MR) is 103 cm³/mol. The zero-order valence-corrected chi connectivity index (χ0v) is 17.0. The first kappa shape index (κ1) is 21.7. The van der Waals surface area contributed by atoms with E-state index < -0.39 is 18.2 Å². The lowest BCUT2D eigenvalue weighted by molar-refractivity contribution is -0.153. The third-order valence-electron chi connectivity index (χ3n) is 5.88. The van der Waals surface area contributed by atoms with Crippen molar-refractivity contribution in [1.82, 2.24) is 0 Å². The molecule has 3 rings (SSSR count). The number of aliphatic hydroxyl groups is 1. The van der Waals surface area contributed by atoms with Crippen LogP contribution in [-0.4, -0.2) is 36.4 Å². The van der Waals surface area contributed by atoms with Crippen molar-refractivity contribution < 1.29 is 32.5 Å². The molecule has 1 saturated carbocycles. The topological polar surface area (TPSA) is 55.8 Å². The van der Waals surface area contributed by atoms with Crippen LogP contribution in [0.5, 0.6) is 5.75 Å². The minimum Gasteiger partial charge on any atom is -0.511 e. The van der Waals surface area contributed by atoms with Crippen LogP contribution in [0.25, 0.3) is 5.57 Å². The third-order valence-corrected chi connectivity index (χ3v) is 5.88. The fourth-order valence-corrected chi connectivity index (χ4v) is 4.76. The van der Waals surface area contributed by atoms with Crippen LogP contribution in [0, 0.1) is 19.3 Å². The van der Waals surface area contributed by atoms with Crippen LogP contribution in [-0.2, 0) is 9.53 Å². The normalized spacial score (nSPS) is 25.2. The van der Waals surface area contributed by atoms with E-state index >= 15 is 0 Å². The van der Waals surface area contributed by atoms with Gasteiger partial charge in [0, 0.05) is 18.4 Å². The Morgan fingerprint density at radius 2 is 1.90 bits per heavy atom. The summed E-state index contributed by atoms with van der Waals surface area (Å²) in [5.41, 5.74) is 1.48. The molecule has 0 unspecified atom stereocenters. The standard InChI is InChI=1S/C22H27F3O4/c1-4-28-15-6-5-7-21(10-15)11-17(26)19(20(21)27)18-13(2)8-16(9-14(18)3)29-12-22(23,24)25/h8-9,15,27H,4-7,10-12H2,1-3H3/t15-,21+/m0/s1. The molecule has 0 radical (unpaired) electrons. The zero-order valence-electron chi connectivity index (χ0n) is 17.0. The Balaban J connectivity index is 1.94. The van der Waals surface area contributed by atoms with Gasteiger partial charge in [-0.3, -0.25) is 4.79 Å². The summed E-state index contributed by atoms with van der Waals surface area (Å²) in [5, 5.41) is 11.1. The van der Waals surface area contributed by atoms with Crippen molar-refractivity contribution in [3.05, 3.63) is 34.6 Å². The Hall–Kier alpha value is -2.02. The fraction of sp³-hybridized carbons (Fsp3) is 0.591. The van der Waals surface area contributed by atoms with Gasteiger partial charge in [-0.2, -0.15) is 13.2 Å². The third kappa shape index (κ3) is 4.44. The molecule has 2 aliphatic carbocycles. The Bertz CT molecular complexity index is 803. The second kappa shape index (κ2) is 8.01. The number of allylic oxidation sites excluding steroid dienone is 2. The summed E-state index contributed by atoms with van der Waals surface area (Å²) in [6.07, 6.45) is -1.05. The van der Waals surface area contributed by atoms with E-state index in [1.54, 1.807) is 13.8 Å². The highest BCUT2D eigenvalue weighted by molar-refractivity contribution is 6.24. The van der Waals surface area contributed by atoms with Crippen molar-refractivity contribution in [3.63, 3.8) is 0 Å². The molecule has 160 valence electrons. The van der Waals surface area contributed by atoms with Crippen LogP contribution in [0.15, 0.2) is 17.9 Å². The molecule has 1 fully saturated rings. The van der Waals surface area contributed by atoms with E-state index in [2.05, 4.69) is 0 Å². The summed E-state index contributed by atoms with van der Waals surface area (Å²) in [5.74, 6) is 0.0623. The summed E-state index contributed by atoms with van der Waals surface area (Å²) in [4.78, 5) is 12.9. The summed E-state index contributed by atoms with van der Waals surface area (Å²) < 4.78 is 47.9. The molecule has 2 atom stereocenters. The number of hydrogen-bond acceptors (Lipinski definition) is 4. The summed E-state index contributed by atoms with van der Waals surface area (Å²) in [7, 11) is 0. The van der Waals surface area contributed by atoms with E-state index in [0.717, 1.165) is 19.3 Å². The van der Waals surface area contributed by atoms with E-state index in [1.807, 2.05) is 6.92 Å². The van der Waals surface area contributed by atoms with E-state index in [0.29, 0.717) is 35.3 Å². The lowest BCUT2D eigenvalue weighted by atomic mass is 9.71. The summed E-state index contributed by atoms with van der Waals surface area (Å²) in [6, 6.07) is 2.97. The molecule has 0 amide bonds. The monoisotopic (exact) mass is 412 g/mol. The van der Waals surface area contributed by atoms with E-state index in [9.17, 15) is 23.1 Å². The summed E-state index contributed by atoms with van der Waals surface area (Å²) >= 11 is 0. The number of aryl methyl sites for hydroxylation is 2. The highest BCUT2D eigenvalue weighted by Gasteiger charge is 2.49. The largest absolute Gasteiger partial charge is 0.511 e. The molecule has 7 heteroatoms. The molecule has 1 N–H and O–H groups in total. The van der Waals surface area contributed by atoms with Crippen molar-refractivity contribution in [3.8, 4) is 5.75 Å². The number of rotatable bonds is 5. The zero-order chi connectivity index (χ0) is 21.4. The Kier molecular flexibility index (Phi) is 5.99. The van der Waals surface area contributed by atoms with Crippen LogP contribution >= 0.6 is 0 Å². The Morgan fingerprint density at radius 1 is 1.24 bits per heavy atom. The molecular weight excluding hydrogens is 385 g/mol. The fourth-order valence-electron chi connectivity index (χ4n) is 4.76. The van der Waals surface area contributed by atoms with Crippen LogP contribution < -0.4 is 4.74 Å². The Labute approximate surface area is 168 Å². The second-order valence-corrected chi connectivity index (χ2v) is 8.11. The van der Waals surface area contributed by atoms with Gasteiger partial charge in [0.2, 0.25) is 0 Å². The predicted octanol–water partition coefficient (Wildman–Crippen LogP) is 5.45. The van der Waals surface area contributed by atoms with Crippen LogP contribution in [0.4, 0.5) is 13.2 Å². The van der Waals surface area contributed by atoms with Crippen molar-refractivity contribution in [2.24, 2.45) is 5.41 Å². The average Bonchev–Trinajstić information content (AvgIpc) is 2.83. The number of carbonyl (C=O) groups is 1. The number of alkyl halides is 3. The SMILES string of the molecule is CCO[C@H]1CCC[C@]2(CC(=O)C(c3c(C)cc(OCC(F)(F)F)cc3C)=C2O)C1. The van der Waals surface area contributed by atoms with Gasteiger partial charge in [-0.25, -0.2) is 0 Å². The van der Waals surface area contributed by atoms with Gasteiger partial charge in [0.05, 0.1) is 11.7 Å². The number of halogens is 3. The first-order valence-electron chi connectivity index (χ1n) is 9.96. The summed E-state index contributed by atoms with van der Waals surface area (Å²) in [6.45, 7) is 4.57. The van der Waals surface area contributed by atoms with Gasteiger partial charge in [0.1, 0.15) is 11.5 Å². The van der Waals surface area contributed by atoms with Gasteiger partial charge in [0.15, 0.2) is 12.4 Å². The molecule has 29 heavy (non-hydrogen) atoms. The maximum atomic E-state index is 12.9. The first-order chi connectivity index (χ1) is 13.6. The van der Waals surface area contributed by atoms with Gasteiger partial charge < -0.3 is 14.6 Å². The molecular formula is C22H27F3O4. The van der Waals surface area contributed by atoms with E-state index in [4.69, 9.17) is 9.47 Å².